The predicted molar refractivity (Wildman–Crippen MR) is 99.6 cm³/mol. The lowest BCUT2D eigenvalue weighted by atomic mass is 10.1. The Morgan fingerprint density at radius 3 is 2.36 bits per heavy atom. The Labute approximate surface area is 154 Å². The van der Waals surface area contributed by atoms with Crippen LogP contribution in [0.3, 0.4) is 0 Å². The van der Waals surface area contributed by atoms with Crippen molar-refractivity contribution in [3.63, 3.8) is 0 Å². The van der Waals surface area contributed by atoms with Gasteiger partial charge in [0.1, 0.15) is 0 Å². The van der Waals surface area contributed by atoms with Crippen molar-refractivity contribution in [3.05, 3.63) is 62.6 Å². The van der Waals surface area contributed by atoms with Gasteiger partial charge in [-0.3, -0.25) is 10.1 Å². The van der Waals surface area contributed by atoms with Crippen molar-refractivity contribution in [3.8, 4) is 17.0 Å². The molecular weight excluding hydrogens is 363 g/mol. The largest absolute Gasteiger partial charge is 0.484 e. The van der Waals surface area contributed by atoms with E-state index >= 15 is 0 Å². The van der Waals surface area contributed by atoms with Crippen molar-refractivity contribution in [1.82, 2.24) is 4.98 Å². The minimum atomic E-state index is -0.485. The lowest BCUT2D eigenvalue weighted by molar-refractivity contribution is -0.385. The summed E-state index contributed by atoms with van der Waals surface area (Å²) in [6, 6.07) is 11.9. The maximum absolute atomic E-state index is 11.8. The fraction of sp³-hybridized carbons (Fsp3) is 0.167. The Balaban J connectivity index is 2.41. The highest BCUT2D eigenvalue weighted by molar-refractivity contribution is 6.35. The zero-order valence-electron chi connectivity index (χ0n) is 13.5. The number of nitro groups is 1. The van der Waals surface area contributed by atoms with Crippen LogP contribution in [0.1, 0.15) is 13.8 Å². The Hall–Kier alpha value is -2.37. The first-order chi connectivity index (χ1) is 11.9. The van der Waals surface area contributed by atoms with E-state index in [-0.39, 0.29) is 23.2 Å². The highest BCUT2D eigenvalue weighted by Gasteiger charge is 2.28. The van der Waals surface area contributed by atoms with Crippen LogP contribution in [0.25, 0.3) is 22.2 Å². The Morgan fingerprint density at radius 2 is 1.76 bits per heavy atom. The average Bonchev–Trinajstić information content (AvgIpc) is 2.52. The lowest BCUT2D eigenvalue weighted by Gasteiger charge is -2.15. The number of halogens is 2. The van der Waals surface area contributed by atoms with Crippen molar-refractivity contribution in [1.29, 1.82) is 0 Å². The minimum Gasteiger partial charge on any atom is -0.484 e. The zero-order valence-corrected chi connectivity index (χ0v) is 15.0. The summed E-state index contributed by atoms with van der Waals surface area (Å²) in [5.41, 5.74) is 1.02. The van der Waals surface area contributed by atoms with Crippen LogP contribution in [0.15, 0.2) is 42.5 Å². The summed E-state index contributed by atoms with van der Waals surface area (Å²) < 4.78 is 5.79. The number of hydrogen-bond donors (Lipinski definition) is 0. The molecule has 0 unspecified atom stereocenters. The van der Waals surface area contributed by atoms with Gasteiger partial charge in [0.2, 0.25) is 5.75 Å². The van der Waals surface area contributed by atoms with Gasteiger partial charge in [-0.15, -0.1) is 0 Å². The minimum absolute atomic E-state index is 0.170. The average molecular weight is 377 g/mol. The molecule has 3 aromatic rings. The van der Waals surface area contributed by atoms with Gasteiger partial charge in [0.05, 0.1) is 16.5 Å². The molecule has 0 spiro atoms. The highest BCUT2D eigenvalue weighted by Crippen LogP contribution is 2.42. The van der Waals surface area contributed by atoms with Crippen LogP contribution in [0.4, 0.5) is 5.69 Å². The molecule has 5 nitrogen and oxygen atoms in total. The second-order valence-electron chi connectivity index (χ2n) is 5.74. The van der Waals surface area contributed by atoms with E-state index in [1.807, 2.05) is 19.9 Å². The number of aromatic nitrogens is 1. The molecule has 1 aromatic heterocycles. The molecule has 1 heterocycles. The first kappa shape index (κ1) is 17.5. The third kappa shape index (κ3) is 3.52. The standard InChI is InChI=1S/C18H14Cl2N2O3/c1-10(2)25-18-14-5-3-4-6-15(14)21-16(17(18)22(23)24)11-7-12(19)9-13(20)8-11/h3-10H,1-2H3. The van der Waals surface area contributed by atoms with Gasteiger partial charge in [-0.05, 0) is 44.2 Å². The molecule has 2 aromatic carbocycles. The molecule has 0 fully saturated rings. The molecule has 25 heavy (non-hydrogen) atoms. The van der Waals surface area contributed by atoms with E-state index in [0.29, 0.717) is 26.5 Å². The fourth-order valence-electron chi connectivity index (χ4n) is 2.59. The van der Waals surface area contributed by atoms with E-state index in [1.165, 1.54) is 0 Å². The number of fused-ring (bicyclic) bond motifs is 1. The number of nitrogens with zero attached hydrogens (tertiary/aromatic N) is 2. The first-order valence-electron chi connectivity index (χ1n) is 7.57. The maximum Gasteiger partial charge on any atom is 0.337 e. The van der Waals surface area contributed by atoms with Crippen LogP contribution in [0.2, 0.25) is 10.0 Å². The topological polar surface area (TPSA) is 65.3 Å². The molecule has 0 saturated carbocycles. The molecule has 0 N–H and O–H groups in total. The first-order valence-corrected chi connectivity index (χ1v) is 8.32. The molecule has 0 aliphatic heterocycles. The highest BCUT2D eigenvalue weighted by atomic mass is 35.5. The third-order valence-corrected chi connectivity index (χ3v) is 3.93. The smallest absolute Gasteiger partial charge is 0.337 e. The molecule has 0 atom stereocenters. The third-order valence-electron chi connectivity index (χ3n) is 3.49. The number of rotatable bonds is 4. The van der Waals surface area contributed by atoms with Crippen LogP contribution in [-0.4, -0.2) is 16.0 Å². The van der Waals surface area contributed by atoms with E-state index < -0.39 is 4.92 Å². The lowest BCUT2D eigenvalue weighted by Crippen LogP contribution is -2.09. The van der Waals surface area contributed by atoms with Crippen LogP contribution in [0.5, 0.6) is 5.75 Å². The van der Waals surface area contributed by atoms with Crippen LogP contribution < -0.4 is 4.74 Å². The van der Waals surface area contributed by atoms with Gasteiger partial charge < -0.3 is 4.74 Å². The summed E-state index contributed by atoms with van der Waals surface area (Å²) in [4.78, 5) is 15.8. The normalized spacial score (nSPS) is 11.1. The Kier molecular flexibility index (Phi) is 4.79. The predicted octanol–water partition coefficient (Wildman–Crippen LogP) is 5.90. The molecule has 0 aliphatic carbocycles. The molecule has 0 saturated heterocycles. The second kappa shape index (κ2) is 6.86. The summed E-state index contributed by atoms with van der Waals surface area (Å²) in [7, 11) is 0. The number of hydrogen-bond acceptors (Lipinski definition) is 4. The molecular formula is C18H14Cl2N2O3. The van der Waals surface area contributed by atoms with E-state index in [9.17, 15) is 10.1 Å². The SMILES string of the molecule is CC(C)Oc1c([N+](=O)[O-])c(-c2cc(Cl)cc(Cl)c2)nc2ccccc12. The number of ether oxygens (including phenoxy) is 1. The number of benzene rings is 2. The van der Waals surface area contributed by atoms with Gasteiger partial charge >= 0.3 is 5.69 Å². The Bertz CT molecular complexity index is 954. The zero-order chi connectivity index (χ0) is 18.1. The van der Waals surface area contributed by atoms with Crippen molar-refractivity contribution in [2.75, 3.05) is 0 Å². The van der Waals surface area contributed by atoms with Gasteiger partial charge in [-0.2, -0.15) is 0 Å². The Morgan fingerprint density at radius 1 is 1.12 bits per heavy atom. The molecule has 0 aliphatic rings. The van der Waals surface area contributed by atoms with Gasteiger partial charge in [0.25, 0.3) is 0 Å². The summed E-state index contributed by atoms with van der Waals surface area (Å²) in [5.74, 6) is 0.191. The fourth-order valence-corrected chi connectivity index (χ4v) is 3.11. The molecule has 128 valence electrons. The number of pyridine rings is 1. The molecule has 3 rings (SSSR count). The monoisotopic (exact) mass is 376 g/mol. The van der Waals surface area contributed by atoms with Crippen molar-refractivity contribution >= 4 is 39.8 Å². The van der Waals surface area contributed by atoms with Crippen molar-refractivity contribution in [2.45, 2.75) is 20.0 Å². The van der Waals surface area contributed by atoms with E-state index in [0.717, 1.165) is 0 Å². The molecule has 0 bridgehead atoms. The maximum atomic E-state index is 11.8. The van der Waals surface area contributed by atoms with Gasteiger partial charge in [-0.25, -0.2) is 4.98 Å². The van der Waals surface area contributed by atoms with Gasteiger partial charge in [0, 0.05) is 21.0 Å². The van der Waals surface area contributed by atoms with Crippen LogP contribution in [-0.2, 0) is 0 Å². The van der Waals surface area contributed by atoms with Crippen LogP contribution in [0, 0.1) is 10.1 Å². The van der Waals surface area contributed by atoms with E-state index in [4.69, 9.17) is 27.9 Å². The summed E-state index contributed by atoms with van der Waals surface area (Å²) in [6.45, 7) is 3.63. The van der Waals surface area contributed by atoms with E-state index in [2.05, 4.69) is 4.98 Å². The van der Waals surface area contributed by atoms with Crippen molar-refractivity contribution in [2.24, 2.45) is 0 Å². The number of para-hydroxylation sites is 1. The summed E-state index contributed by atoms with van der Waals surface area (Å²) in [6.07, 6.45) is -0.236. The van der Waals surface area contributed by atoms with Crippen LogP contribution >= 0.6 is 23.2 Å². The van der Waals surface area contributed by atoms with E-state index in [1.54, 1.807) is 36.4 Å². The van der Waals surface area contributed by atoms with Crippen molar-refractivity contribution < 1.29 is 9.66 Å². The quantitative estimate of drug-likeness (QED) is 0.419. The summed E-state index contributed by atoms with van der Waals surface area (Å²) in [5, 5.41) is 13.2. The summed E-state index contributed by atoms with van der Waals surface area (Å²) >= 11 is 12.1. The molecule has 7 heteroatoms. The molecule has 0 amide bonds. The van der Waals surface area contributed by atoms with Gasteiger partial charge in [-0.1, -0.05) is 35.3 Å². The van der Waals surface area contributed by atoms with Gasteiger partial charge in [0.15, 0.2) is 5.69 Å². The second-order valence-corrected chi connectivity index (χ2v) is 6.61. The molecule has 0 radical (unpaired) electrons.